The summed E-state index contributed by atoms with van der Waals surface area (Å²) in [5.41, 5.74) is 4.04. The van der Waals surface area contributed by atoms with Crippen LogP contribution in [0, 0.1) is 0 Å². The second-order valence-electron chi connectivity index (χ2n) is 10.3. The molecule has 1 atom stereocenters. The lowest BCUT2D eigenvalue weighted by atomic mass is 10.0. The number of rotatable bonds is 11. The van der Waals surface area contributed by atoms with Gasteiger partial charge >= 0.3 is 0 Å². The second kappa shape index (κ2) is 12.6. The number of hydrogen-bond donors (Lipinski definition) is 1. The zero-order valence-electron chi connectivity index (χ0n) is 22.0. The molecule has 0 aliphatic carbocycles. The Bertz CT molecular complexity index is 1160. The predicted octanol–water partition coefficient (Wildman–Crippen LogP) is 7.18. The molecule has 0 fully saturated rings. The van der Waals surface area contributed by atoms with Gasteiger partial charge in [-0.25, -0.2) is 0 Å². The van der Waals surface area contributed by atoms with Gasteiger partial charge in [0, 0.05) is 24.7 Å². The molecular weight excluding hydrogens is 458 g/mol. The molecular formula is C33H37NO3. The number of β-amino-alcohol motifs (C(OH)–C–C–N with tert-alkyl or cyclic N) is 1. The first-order valence-electron chi connectivity index (χ1n) is 12.8. The summed E-state index contributed by atoms with van der Waals surface area (Å²) in [5, 5.41) is 11.4. The van der Waals surface area contributed by atoms with Gasteiger partial charge in [0.1, 0.15) is 24.7 Å². The highest BCUT2D eigenvalue weighted by molar-refractivity contribution is 5.40. The van der Waals surface area contributed by atoms with Crippen LogP contribution >= 0.6 is 0 Å². The Kier molecular flexibility index (Phi) is 8.99. The molecule has 37 heavy (non-hydrogen) atoms. The Morgan fingerprint density at radius 3 is 1.51 bits per heavy atom. The van der Waals surface area contributed by atoms with Gasteiger partial charge in [0.05, 0.1) is 6.10 Å². The number of aliphatic hydroxyl groups excluding tert-OH is 1. The molecule has 0 saturated carbocycles. The molecule has 0 radical (unpaired) electrons. The molecule has 0 heterocycles. The van der Waals surface area contributed by atoms with Gasteiger partial charge in [0.2, 0.25) is 0 Å². The molecule has 4 heteroatoms. The van der Waals surface area contributed by atoms with Crippen molar-refractivity contribution in [2.24, 2.45) is 0 Å². The normalized spacial score (nSPS) is 12.4. The standard InChI is InChI=1S/C33H37NO3/c1-33(2,3)34(22-26-13-7-4-8-14-26)23-32(35)29-19-30(36-24-27-15-9-5-10-16-27)21-31(20-29)37-25-28-17-11-6-12-18-28/h4-21,32,35H,22-25H2,1-3H3/t32-/m0/s1. The Labute approximate surface area is 221 Å². The predicted molar refractivity (Wildman–Crippen MR) is 150 cm³/mol. The molecule has 192 valence electrons. The zero-order valence-corrected chi connectivity index (χ0v) is 22.0. The van der Waals surface area contributed by atoms with E-state index in [1.807, 2.05) is 84.9 Å². The van der Waals surface area contributed by atoms with E-state index in [2.05, 4.69) is 49.9 Å². The lowest BCUT2D eigenvalue weighted by molar-refractivity contribution is 0.0520. The molecule has 0 aliphatic rings. The SMILES string of the molecule is CC(C)(C)N(Cc1ccccc1)C[C@H](O)c1cc(OCc2ccccc2)cc(OCc2ccccc2)c1. The maximum atomic E-state index is 11.4. The molecule has 4 aromatic carbocycles. The molecule has 0 amide bonds. The summed E-state index contributed by atoms with van der Waals surface area (Å²) in [4.78, 5) is 2.30. The molecule has 0 spiro atoms. The Morgan fingerprint density at radius 2 is 1.08 bits per heavy atom. The van der Waals surface area contributed by atoms with Crippen molar-refractivity contribution in [3.05, 3.63) is 131 Å². The maximum Gasteiger partial charge on any atom is 0.123 e. The molecule has 4 nitrogen and oxygen atoms in total. The third kappa shape index (κ3) is 8.21. The van der Waals surface area contributed by atoms with Crippen molar-refractivity contribution in [3.8, 4) is 11.5 Å². The minimum Gasteiger partial charge on any atom is -0.489 e. The van der Waals surface area contributed by atoms with E-state index in [0.29, 0.717) is 31.3 Å². The van der Waals surface area contributed by atoms with E-state index >= 15 is 0 Å². The van der Waals surface area contributed by atoms with Gasteiger partial charge in [-0.15, -0.1) is 0 Å². The number of benzene rings is 4. The van der Waals surface area contributed by atoms with Crippen LogP contribution in [0.25, 0.3) is 0 Å². The van der Waals surface area contributed by atoms with E-state index in [4.69, 9.17) is 9.47 Å². The lowest BCUT2D eigenvalue weighted by Gasteiger charge is -2.37. The minimum absolute atomic E-state index is 0.120. The van der Waals surface area contributed by atoms with Crippen LogP contribution in [-0.2, 0) is 19.8 Å². The van der Waals surface area contributed by atoms with Gasteiger partial charge in [-0.2, -0.15) is 0 Å². The van der Waals surface area contributed by atoms with Crippen molar-refractivity contribution in [3.63, 3.8) is 0 Å². The van der Waals surface area contributed by atoms with Gasteiger partial charge in [0.25, 0.3) is 0 Å². The number of aliphatic hydroxyl groups is 1. The van der Waals surface area contributed by atoms with Gasteiger partial charge in [-0.05, 0) is 55.2 Å². The van der Waals surface area contributed by atoms with Crippen LogP contribution in [-0.4, -0.2) is 22.1 Å². The molecule has 1 N–H and O–H groups in total. The summed E-state index contributed by atoms with van der Waals surface area (Å²) in [6.45, 7) is 8.66. The fraction of sp³-hybridized carbons (Fsp3) is 0.273. The summed E-state index contributed by atoms with van der Waals surface area (Å²) < 4.78 is 12.3. The Morgan fingerprint density at radius 1 is 0.649 bits per heavy atom. The van der Waals surface area contributed by atoms with Crippen LogP contribution in [0.4, 0.5) is 0 Å². The number of nitrogens with zero attached hydrogens (tertiary/aromatic N) is 1. The monoisotopic (exact) mass is 495 g/mol. The van der Waals surface area contributed by atoms with Crippen LogP contribution in [0.2, 0.25) is 0 Å². The van der Waals surface area contributed by atoms with E-state index in [1.165, 1.54) is 5.56 Å². The summed E-state index contributed by atoms with van der Waals surface area (Å²) >= 11 is 0. The molecule has 4 rings (SSSR count). The fourth-order valence-electron chi connectivity index (χ4n) is 4.13. The largest absolute Gasteiger partial charge is 0.489 e. The van der Waals surface area contributed by atoms with E-state index in [9.17, 15) is 5.11 Å². The topological polar surface area (TPSA) is 41.9 Å². The summed E-state index contributed by atoms with van der Waals surface area (Å²) in [5.74, 6) is 1.35. The zero-order chi connectivity index (χ0) is 26.1. The van der Waals surface area contributed by atoms with Gasteiger partial charge < -0.3 is 14.6 Å². The van der Waals surface area contributed by atoms with Gasteiger partial charge in [-0.1, -0.05) is 91.0 Å². The van der Waals surface area contributed by atoms with Crippen LogP contribution in [0.5, 0.6) is 11.5 Å². The van der Waals surface area contributed by atoms with Crippen molar-refractivity contribution in [1.82, 2.24) is 4.90 Å². The van der Waals surface area contributed by atoms with E-state index in [1.54, 1.807) is 0 Å². The Hall–Kier alpha value is -3.60. The van der Waals surface area contributed by atoms with Crippen molar-refractivity contribution >= 4 is 0 Å². The molecule has 0 saturated heterocycles. The molecule has 4 aromatic rings. The molecule has 0 bridgehead atoms. The highest BCUT2D eigenvalue weighted by atomic mass is 16.5. The molecule has 0 aliphatic heterocycles. The average molecular weight is 496 g/mol. The third-order valence-electron chi connectivity index (χ3n) is 6.34. The molecule has 0 unspecified atom stereocenters. The van der Waals surface area contributed by atoms with Crippen molar-refractivity contribution in [2.45, 2.75) is 52.2 Å². The average Bonchev–Trinajstić information content (AvgIpc) is 2.91. The highest BCUT2D eigenvalue weighted by Gasteiger charge is 2.25. The van der Waals surface area contributed by atoms with E-state index in [0.717, 1.165) is 23.2 Å². The van der Waals surface area contributed by atoms with E-state index < -0.39 is 6.10 Å². The quantitative estimate of drug-likeness (QED) is 0.239. The first kappa shape index (κ1) is 26.5. The maximum absolute atomic E-state index is 11.4. The van der Waals surface area contributed by atoms with Crippen molar-refractivity contribution < 1.29 is 14.6 Å². The van der Waals surface area contributed by atoms with Crippen molar-refractivity contribution in [1.29, 1.82) is 0 Å². The van der Waals surface area contributed by atoms with Gasteiger partial charge in [-0.3, -0.25) is 4.90 Å². The second-order valence-corrected chi connectivity index (χ2v) is 10.3. The summed E-state index contributed by atoms with van der Waals surface area (Å²) in [6.07, 6.45) is -0.706. The smallest absolute Gasteiger partial charge is 0.123 e. The lowest BCUT2D eigenvalue weighted by Crippen LogP contribution is -2.43. The minimum atomic E-state index is -0.706. The highest BCUT2D eigenvalue weighted by Crippen LogP contribution is 2.30. The first-order valence-corrected chi connectivity index (χ1v) is 12.8. The van der Waals surface area contributed by atoms with Crippen LogP contribution in [0.3, 0.4) is 0 Å². The Balaban J connectivity index is 1.54. The van der Waals surface area contributed by atoms with Crippen LogP contribution < -0.4 is 9.47 Å². The van der Waals surface area contributed by atoms with Crippen LogP contribution in [0.15, 0.2) is 109 Å². The molecule has 0 aromatic heterocycles. The summed E-state index contributed by atoms with van der Waals surface area (Å²) in [6, 6.07) is 36.3. The van der Waals surface area contributed by atoms with Crippen LogP contribution in [0.1, 0.15) is 49.1 Å². The fourth-order valence-corrected chi connectivity index (χ4v) is 4.13. The van der Waals surface area contributed by atoms with Crippen molar-refractivity contribution in [2.75, 3.05) is 6.54 Å². The van der Waals surface area contributed by atoms with Gasteiger partial charge in [0.15, 0.2) is 0 Å². The summed E-state index contributed by atoms with van der Waals surface area (Å²) in [7, 11) is 0. The third-order valence-corrected chi connectivity index (χ3v) is 6.34. The van der Waals surface area contributed by atoms with E-state index in [-0.39, 0.29) is 5.54 Å². The number of hydrogen-bond acceptors (Lipinski definition) is 4. The number of ether oxygens (including phenoxy) is 2. The first-order chi connectivity index (χ1) is 17.9.